The van der Waals surface area contributed by atoms with Crippen LogP contribution in [0.5, 0.6) is 0 Å². The van der Waals surface area contributed by atoms with Gasteiger partial charge in [-0.1, -0.05) is 78.4 Å². The normalized spacial score (nSPS) is 45.1. The number of fused-ring (bicyclic) bond motifs is 5. The predicted molar refractivity (Wildman–Crippen MR) is 128 cm³/mol. The van der Waals surface area contributed by atoms with E-state index in [4.69, 9.17) is 0 Å². The van der Waals surface area contributed by atoms with E-state index in [9.17, 15) is 5.11 Å². The zero-order valence-electron chi connectivity index (χ0n) is 20.8. The van der Waals surface area contributed by atoms with E-state index in [2.05, 4.69) is 40.7 Å². The lowest BCUT2D eigenvalue weighted by atomic mass is 9.47. The molecule has 0 spiro atoms. The third-order valence-corrected chi connectivity index (χ3v) is 11.0. The topological polar surface area (TPSA) is 20.2 Å². The van der Waals surface area contributed by atoms with Gasteiger partial charge in [0.05, 0.1) is 6.10 Å². The molecule has 3 saturated carbocycles. The van der Waals surface area contributed by atoms with Gasteiger partial charge in [0, 0.05) is 0 Å². The molecular weight excluding hydrogens is 364 g/mol. The third kappa shape index (κ3) is 3.95. The molecule has 0 aromatic rings. The summed E-state index contributed by atoms with van der Waals surface area (Å²) in [7, 11) is 0. The van der Waals surface area contributed by atoms with Crippen LogP contribution in [0.2, 0.25) is 0 Å². The molecular formula is C29H50O. The highest BCUT2D eigenvalue weighted by atomic mass is 16.3. The second kappa shape index (κ2) is 8.92. The molecule has 1 heteroatoms. The Labute approximate surface area is 187 Å². The van der Waals surface area contributed by atoms with Gasteiger partial charge in [0.25, 0.3) is 0 Å². The zero-order chi connectivity index (χ0) is 21.5. The van der Waals surface area contributed by atoms with Crippen LogP contribution in [-0.4, -0.2) is 11.2 Å². The quantitative estimate of drug-likeness (QED) is 0.416. The summed E-state index contributed by atoms with van der Waals surface area (Å²) < 4.78 is 0. The lowest BCUT2D eigenvalue weighted by molar-refractivity contribution is -0.0427. The first kappa shape index (κ1) is 22.9. The van der Waals surface area contributed by atoms with E-state index in [1.165, 1.54) is 70.6 Å². The first-order valence-electron chi connectivity index (χ1n) is 13.7. The van der Waals surface area contributed by atoms with Crippen molar-refractivity contribution in [1.29, 1.82) is 0 Å². The highest BCUT2D eigenvalue weighted by molar-refractivity contribution is 5.27. The van der Waals surface area contributed by atoms with Crippen molar-refractivity contribution in [1.82, 2.24) is 0 Å². The van der Waals surface area contributed by atoms with Crippen LogP contribution in [-0.2, 0) is 0 Å². The molecule has 0 saturated heterocycles. The van der Waals surface area contributed by atoms with E-state index in [-0.39, 0.29) is 6.10 Å². The van der Waals surface area contributed by atoms with E-state index in [0.29, 0.717) is 10.8 Å². The average Bonchev–Trinajstić information content (AvgIpc) is 3.06. The summed E-state index contributed by atoms with van der Waals surface area (Å²) in [6.45, 7) is 12.6. The van der Waals surface area contributed by atoms with Gasteiger partial charge in [0.1, 0.15) is 0 Å². The van der Waals surface area contributed by atoms with Crippen LogP contribution in [0.4, 0.5) is 0 Å². The van der Waals surface area contributed by atoms with E-state index < -0.39 is 0 Å². The van der Waals surface area contributed by atoms with E-state index in [1.807, 2.05) is 5.57 Å². The van der Waals surface area contributed by atoms with Crippen LogP contribution < -0.4 is 0 Å². The number of hydrogen-bond donors (Lipinski definition) is 1. The molecule has 0 aromatic heterocycles. The van der Waals surface area contributed by atoms with Crippen LogP contribution >= 0.6 is 0 Å². The number of rotatable bonds is 7. The van der Waals surface area contributed by atoms with E-state index >= 15 is 0 Å². The number of aliphatic hydroxyl groups is 1. The lowest BCUT2D eigenvalue weighted by Gasteiger charge is -2.57. The summed E-state index contributed by atoms with van der Waals surface area (Å²) in [5, 5.41) is 10.3. The van der Waals surface area contributed by atoms with Crippen molar-refractivity contribution in [3.8, 4) is 0 Å². The SMILES string of the molecule is CCCC(C)CCC[C@@H](C)[C@H]1CC[C@H]2C3=CC[C@H]4C[C@@H](O)CC[C@]4(C)[C@H]3CC[C@]12C. The molecule has 0 bridgehead atoms. The fraction of sp³-hybridized carbons (Fsp3) is 0.931. The van der Waals surface area contributed by atoms with Crippen LogP contribution in [0.3, 0.4) is 0 Å². The van der Waals surface area contributed by atoms with Crippen molar-refractivity contribution in [2.24, 2.45) is 46.3 Å². The molecule has 0 radical (unpaired) electrons. The maximum Gasteiger partial charge on any atom is 0.0543 e. The standard InChI is InChI=1S/C29H50O/c1-6-8-20(2)9-7-10-21(3)25-13-14-26-24-12-11-22-19-23(30)15-17-28(22,4)27(24)16-18-29(25,26)5/h12,20-23,25-27,30H,6-11,13-19H2,1-5H3/t20?,21-,22+,23+,25-,26+,27+,28+,29-/m1/s1. The molecule has 9 atom stereocenters. The van der Waals surface area contributed by atoms with Crippen LogP contribution in [0, 0.1) is 46.3 Å². The van der Waals surface area contributed by atoms with Crippen molar-refractivity contribution in [3.63, 3.8) is 0 Å². The molecule has 1 unspecified atom stereocenters. The van der Waals surface area contributed by atoms with Crippen LogP contribution in [0.1, 0.15) is 118 Å². The molecule has 1 nitrogen and oxygen atoms in total. The first-order chi connectivity index (χ1) is 14.3. The van der Waals surface area contributed by atoms with Gasteiger partial charge in [-0.2, -0.15) is 0 Å². The van der Waals surface area contributed by atoms with Crippen molar-refractivity contribution in [2.75, 3.05) is 0 Å². The molecule has 30 heavy (non-hydrogen) atoms. The monoisotopic (exact) mass is 414 g/mol. The van der Waals surface area contributed by atoms with Gasteiger partial charge in [-0.25, -0.2) is 0 Å². The molecule has 4 aliphatic rings. The first-order valence-corrected chi connectivity index (χ1v) is 13.7. The molecule has 4 rings (SSSR count). The Morgan fingerprint density at radius 2 is 1.70 bits per heavy atom. The summed E-state index contributed by atoms with van der Waals surface area (Å²) in [5.74, 6) is 5.13. The van der Waals surface area contributed by atoms with Crippen molar-refractivity contribution < 1.29 is 5.11 Å². The second-order valence-electron chi connectivity index (χ2n) is 12.7. The molecule has 0 heterocycles. The summed E-state index contributed by atoms with van der Waals surface area (Å²) in [4.78, 5) is 0. The number of aliphatic hydroxyl groups excluding tert-OH is 1. The smallest absolute Gasteiger partial charge is 0.0543 e. The van der Waals surface area contributed by atoms with Gasteiger partial charge in [-0.15, -0.1) is 0 Å². The summed E-state index contributed by atoms with van der Waals surface area (Å²) in [6, 6.07) is 0. The van der Waals surface area contributed by atoms with Gasteiger partial charge in [-0.3, -0.25) is 0 Å². The molecule has 0 aliphatic heterocycles. The molecule has 1 N–H and O–H groups in total. The molecule has 3 fully saturated rings. The second-order valence-corrected chi connectivity index (χ2v) is 12.7. The third-order valence-electron chi connectivity index (χ3n) is 11.0. The van der Waals surface area contributed by atoms with Crippen LogP contribution in [0.25, 0.3) is 0 Å². The molecule has 4 aliphatic carbocycles. The van der Waals surface area contributed by atoms with Gasteiger partial charge in [0.15, 0.2) is 0 Å². The highest BCUT2D eigenvalue weighted by Crippen LogP contribution is 2.66. The van der Waals surface area contributed by atoms with Gasteiger partial charge in [0.2, 0.25) is 0 Å². The Balaban J connectivity index is 1.43. The highest BCUT2D eigenvalue weighted by Gasteiger charge is 2.58. The fourth-order valence-electron chi connectivity index (χ4n) is 9.09. The summed E-state index contributed by atoms with van der Waals surface area (Å²) >= 11 is 0. The molecule has 0 amide bonds. The Bertz CT molecular complexity index is 622. The maximum atomic E-state index is 10.3. The largest absolute Gasteiger partial charge is 0.393 e. The zero-order valence-corrected chi connectivity index (χ0v) is 20.8. The predicted octanol–water partition coefficient (Wildman–Crippen LogP) is 8.17. The number of hydrogen-bond acceptors (Lipinski definition) is 1. The fourth-order valence-corrected chi connectivity index (χ4v) is 9.09. The summed E-state index contributed by atoms with van der Waals surface area (Å²) in [5.41, 5.74) is 2.89. The summed E-state index contributed by atoms with van der Waals surface area (Å²) in [6.07, 6.45) is 20.1. The minimum Gasteiger partial charge on any atom is -0.393 e. The Kier molecular flexibility index (Phi) is 6.80. The Morgan fingerprint density at radius 3 is 2.47 bits per heavy atom. The van der Waals surface area contributed by atoms with E-state index in [0.717, 1.165) is 48.3 Å². The number of allylic oxidation sites excluding steroid dienone is 2. The van der Waals surface area contributed by atoms with Crippen molar-refractivity contribution in [2.45, 2.75) is 124 Å². The Morgan fingerprint density at radius 1 is 0.967 bits per heavy atom. The molecule has 172 valence electrons. The van der Waals surface area contributed by atoms with E-state index in [1.54, 1.807) is 0 Å². The minimum atomic E-state index is -0.0383. The Hall–Kier alpha value is -0.300. The van der Waals surface area contributed by atoms with Crippen molar-refractivity contribution in [3.05, 3.63) is 11.6 Å². The van der Waals surface area contributed by atoms with Gasteiger partial charge >= 0.3 is 0 Å². The minimum absolute atomic E-state index is 0.0383. The van der Waals surface area contributed by atoms with Crippen LogP contribution in [0.15, 0.2) is 11.6 Å². The lowest BCUT2D eigenvalue weighted by Crippen LogP contribution is -2.49. The van der Waals surface area contributed by atoms with Gasteiger partial charge in [-0.05, 0) is 97.7 Å². The van der Waals surface area contributed by atoms with Crippen molar-refractivity contribution >= 4 is 0 Å². The maximum absolute atomic E-state index is 10.3. The molecule has 0 aromatic carbocycles. The van der Waals surface area contributed by atoms with Gasteiger partial charge < -0.3 is 5.11 Å². The average molecular weight is 415 g/mol.